The molecular formula is C40H23N5O2. The van der Waals surface area contributed by atoms with Gasteiger partial charge in [0.05, 0.1) is 16.6 Å². The van der Waals surface area contributed by atoms with Gasteiger partial charge in [-0.2, -0.15) is 9.97 Å². The van der Waals surface area contributed by atoms with Gasteiger partial charge in [0.25, 0.3) is 0 Å². The molecule has 0 bridgehead atoms. The van der Waals surface area contributed by atoms with Gasteiger partial charge in [0.15, 0.2) is 17.2 Å². The summed E-state index contributed by atoms with van der Waals surface area (Å²) in [5.74, 6) is 2.11. The molecule has 10 rings (SSSR count). The van der Waals surface area contributed by atoms with E-state index in [0.717, 1.165) is 66.0 Å². The smallest absolute Gasteiger partial charge is 0.238 e. The lowest BCUT2D eigenvalue weighted by atomic mass is 10.1. The van der Waals surface area contributed by atoms with Crippen LogP contribution in [-0.4, -0.2) is 24.5 Å². The normalized spacial score (nSPS) is 11.8. The summed E-state index contributed by atoms with van der Waals surface area (Å²) >= 11 is 0. The number of para-hydroxylation sites is 4. The van der Waals surface area contributed by atoms with Gasteiger partial charge in [-0.05, 0) is 54.6 Å². The minimum atomic E-state index is 0.512. The van der Waals surface area contributed by atoms with Crippen LogP contribution in [0, 0.1) is 0 Å². The molecule has 0 saturated heterocycles. The van der Waals surface area contributed by atoms with E-state index in [4.69, 9.17) is 28.8 Å². The van der Waals surface area contributed by atoms with E-state index in [-0.39, 0.29) is 0 Å². The van der Waals surface area contributed by atoms with Gasteiger partial charge < -0.3 is 8.83 Å². The van der Waals surface area contributed by atoms with Crippen molar-refractivity contribution >= 4 is 54.8 Å². The van der Waals surface area contributed by atoms with Crippen LogP contribution in [0.3, 0.4) is 0 Å². The molecule has 0 amide bonds. The Morgan fingerprint density at radius 2 is 1.13 bits per heavy atom. The zero-order valence-corrected chi connectivity index (χ0v) is 24.8. The fourth-order valence-corrected chi connectivity index (χ4v) is 6.54. The molecule has 4 aromatic heterocycles. The van der Waals surface area contributed by atoms with E-state index in [0.29, 0.717) is 29.1 Å². The Morgan fingerprint density at radius 3 is 1.94 bits per heavy atom. The highest BCUT2D eigenvalue weighted by Gasteiger charge is 2.21. The molecule has 0 aliphatic heterocycles. The number of oxazole rings is 1. The summed E-state index contributed by atoms with van der Waals surface area (Å²) in [4.78, 5) is 20.1. The van der Waals surface area contributed by atoms with Gasteiger partial charge in [-0.1, -0.05) is 84.9 Å². The molecule has 0 unspecified atom stereocenters. The van der Waals surface area contributed by atoms with E-state index in [2.05, 4.69) is 53.1 Å². The van der Waals surface area contributed by atoms with Crippen molar-refractivity contribution in [2.45, 2.75) is 0 Å². The fourth-order valence-electron chi connectivity index (χ4n) is 6.54. The maximum absolute atomic E-state index is 6.43. The van der Waals surface area contributed by atoms with Crippen molar-refractivity contribution in [2.75, 3.05) is 0 Å². The van der Waals surface area contributed by atoms with Crippen LogP contribution < -0.4 is 0 Å². The van der Waals surface area contributed by atoms with Crippen molar-refractivity contribution in [2.24, 2.45) is 0 Å². The molecule has 0 saturated carbocycles. The van der Waals surface area contributed by atoms with Gasteiger partial charge >= 0.3 is 0 Å². The van der Waals surface area contributed by atoms with Crippen molar-refractivity contribution in [3.05, 3.63) is 140 Å². The first kappa shape index (κ1) is 25.7. The maximum atomic E-state index is 6.43. The predicted octanol–water partition coefficient (Wildman–Crippen LogP) is 10.0. The molecule has 4 heterocycles. The first-order valence-electron chi connectivity index (χ1n) is 15.4. The van der Waals surface area contributed by atoms with Crippen molar-refractivity contribution in [1.82, 2.24) is 24.5 Å². The largest absolute Gasteiger partial charge is 0.455 e. The van der Waals surface area contributed by atoms with Crippen molar-refractivity contribution in [3.63, 3.8) is 0 Å². The number of rotatable bonds is 4. The number of hydrogen-bond donors (Lipinski definition) is 0. The molecule has 7 heteroatoms. The van der Waals surface area contributed by atoms with Crippen LogP contribution in [0.1, 0.15) is 0 Å². The Kier molecular flexibility index (Phi) is 5.44. The quantitative estimate of drug-likeness (QED) is 0.199. The minimum absolute atomic E-state index is 0.512. The molecule has 220 valence electrons. The molecule has 0 aliphatic rings. The van der Waals surface area contributed by atoms with E-state index < -0.39 is 0 Å². The molecule has 0 fully saturated rings. The summed E-state index contributed by atoms with van der Waals surface area (Å²) in [6, 6.07) is 46.6. The lowest BCUT2D eigenvalue weighted by Crippen LogP contribution is -2.06. The molecule has 47 heavy (non-hydrogen) atoms. The SMILES string of the molecule is c1ccc(-c2nc3ccc(-c4nc(-c5cccc6c5oc5ccccc56)nc(-n5c6ccccc6c6ccccc65)n4)cc3o2)cc1. The van der Waals surface area contributed by atoms with Crippen molar-refractivity contribution in [1.29, 1.82) is 0 Å². The van der Waals surface area contributed by atoms with E-state index in [1.165, 1.54) is 0 Å². The second-order valence-electron chi connectivity index (χ2n) is 11.5. The number of aromatic nitrogens is 5. The van der Waals surface area contributed by atoms with Gasteiger partial charge in [-0.25, -0.2) is 9.97 Å². The summed E-state index contributed by atoms with van der Waals surface area (Å²) in [7, 11) is 0. The van der Waals surface area contributed by atoms with Crippen LogP contribution in [0.4, 0.5) is 0 Å². The number of nitrogens with zero attached hydrogens (tertiary/aromatic N) is 5. The van der Waals surface area contributed by atoms with E-state index in [1.807, 2.05) is 91.0 Å². The monoisotopic (exact) mass is 605 g/mol. The van der Waals surface area contributed by atoms with Gasteiger partial charge in [0.2, 0.25) is 11.8 Å². The van der Waals surface area contributed by atoms with E-state index in [9.17, 15) is 0 Å². The highest BCUT2D eigenvalue weighted by Crippen LogP contribution is 2.37. The summed E-state index contributed by atoms with van der Waals surface area (Å²) in [5, 5.41) is 4.31. The fraction of sp³-hybridized carbons (Fsp3) is 0. The van der Waals surface area contributed by atoms with Crippen LogP contribution in [0.2, 0.25) is 0 Å². The van der Waals surface area contributed by atoms with Gasteiger partial charge in [0.1, 0.15) is 16.7 Å². The number of hydrogen-bond acceptors (Lipinski definition) is 6. The summed E-state index contributed by atoms with van der Waals surface area (Å²) in [5.41, 5.74) is 7.48. The molecule has 0 aliphatic carbocycles. The van der Waals surface area contributed by atoms with Crippen molar-refractivity contribution in [3.8, 4) is 40.2 Å². The summed E-state index contributed by atoms with van der Waals surface area (Å²) < 4.78 is 14.8. The molecule has 0 atom stereocenters. The van der Waals surface area contributed by atoms with Gasteiger partial charge in [-0.15, -0.1) is 0 Å². The van der Waals surface area contributed by atoms with E-state index in [1.54, 1.807) is 0 Å². The molecule has 6 aromatic carbocycles. The zero-order valence-electron chi connectivity index (χ0n) is 24.8. The first-order valence-corrected chi connectivity index (χ1v) is 15.4. The third-order valence-electron chi connectivity index (χ3n) is 8.72. The number of benzene rings is 6. The van der Waals surface area contributed by atoms with Crippen molar-refractivity contribution < 1.29 is 8.83 Å². The first-order chi connectivity index (χ1) is 23.3. The van der Waals surface area contributed by atoms with E-state index >= 15 is 0 Å². The Bertz CT molecular complexity index is 2760. The number of fused-ring (bicyclic) bond motifs is 7. The zero-order chi connectivity index (χ0) is 30.9. The molecular weight excluding hydrogens is 582 g/mol. The Morgan fingerprint density at radius 1 is 0.447 bits per heavy atom. The highest BCUT2D eigenvalue weighted by molar-refractivity contribution is 6.10. The predicted molar refractivity (Wildman–Crippen MR) is 185 cm³/mol. The lowest BCUT2D eigenvalue weighted by molar-refractivity contribution is 0.620. The van der Waals surface area contributed by atoms with Crippen LogP contribution in [0.25, 0.3) is 95.0 Å². The molecule has 0 radical (unpaired) electrons. The standard InChI is InChI=1S/C40H23N5O2/c1-2-11-24(12-3-1)39-41-31-22-21-25(23-35(31)47-39)37-42-38(30-17-10-16-29-28-15-6-9-20-34(28)46-36(29)30)44-40(43-37)45-32-18-7-4-13-26(32)27-14-5-8-19-33(27)45/h1-23H. The molecule has 10 aromatic rings. The third kappa shape index (κ3) is 4.00. The van der Waals surface area contributed by atoms with Crippen LogP contribution in [-0.2, 0) is 0 Å². The summed E-state index contributed by atoms with van der Waals surface area (Å²) in [6.07, 6.45) is 0. The second-order valence-corrected chi connectivity index (χ2v) is 11.5. The van der Waals surface area contributed by atoms with Crippen LogP contribution in [0.15, 0.2) is 148 Å². The highest BCUT2D eigenvalue weighted by atomic mass is 16.3. The minimum Gasteiger partial charge on any atom is -0.455 e. The Labute approximate surface area is 267 Å². The average molecular weight is 606 g/mol. The van der Waals surface area contributed by atoms with Crippen LogP contribution in [0.5, 0.6) is 0 Å². The van der Waals surface area contributed by atoms with Gasteiger partial charge in [-0.3, -0.25) is 4.57 Å². The second kappa shape index (κ2) is 9.95. The lowest BCUT2D eigenvalue weighted by Gasteiger charge is -2.11. The summed E-state index contributed by atoms with van der Waals surface area (Å²) in [6.45, 7) is 0. The molecule has 0 N–H and O–H groups in total. The Hall–Kier alpha value is -6.60. The van der Waals surface area contributed by atoms with Crippen LogP contribution >= 0.6 is 0 Å². The van der Waals surface area contributed by atoms with Gasteiger partial charge in [0, 0.05) is 32.7 Å². The number of furan rings is 1. The topological polar surface area (TPSA) is 82.8 Å². The average Bonchev–Trinajstić information content (AvgIpc) is 3.83. The molecule has 0 spiro atoms. The Balaban J connectivity index is 1.24. The maximum Gasteiger partial charge on any atom is 0.238 e. The molecule has 7 nitrogen and oxygen atoms in total. The third-order valence-corrected chi connectivity index (χ3v) is 8.72.